The maximum atomic E-state index is 15.5. The molecule has 2 aromatic carbocycles. The number of carbonyl (C=O) groups is 2. The maximum absolute atomic E-state index is 15.5. The molecule has 8 nitrogen and oxygen atoms in total. The number of rotatable bonds is 8. The summed E-state index contributed by atoms with van der Waals surface area (Å²) in [6, 6.07) is 9.52. The fourth-order valence-electron chi connectivity index (χ4n) is 6.62. The molecule has 2 N–H and O–H groups in total. The number of anilines is 1. The number of likely N-dealkylation sites (tertiary alicyclic amines) is 1. The van der Waals surface area contributed by atoms with Gasteiger partial charge in [0.2, 0.25) is 0 Å². The Bertz CT molecular complexity index is 1590. The molecule has 2 aliphatic heterocycles. The number of aliphatic hydroxyl groups is 1. The zero-order valence-corrected chi connectivity index (χ0v) is 25.6. The number of hydrogen-bond acceptors (Lipinski definition) is 6. The molecule has 0 bridgehead atoms. The minimum Gasteiger partial charge on any atom is -0.447 e. The molecule has 2 saturated heterocycles. The molecule has 2 amide bonds. The maximum Gasteiger partial charge on any atom is 0.414 e. The van der Waals surface area contributed by atoms with Crippen molar-refractivity contribution in [3.8, 4) is 0 Å². The minimum absolute atomic E-state index is 0.129. The average molecular weight is 625 g/mol. The van der Waals surface area contributed by atoms with Gasteiger partial charge in [0.1, 0.15) is 17.8 Å². The molecular formula is C34H39F3N4O4. The topological polar surface area (TPSA) is 95.0 Å². The summed E-state index contributed by atoms with van der Waals surface area (Å²) in [6.07, 6.45) is 1.79. The normalized spacial score (nSPS) is 21.7. The van der Waals surface area contributed by atoms with E-state index >= 15 is 13.2 Å². The van der Waals surface area contributed by atoms with Crippen molar-refractivity contribution >= 4 is 28.6 Å². The Kier molecular flexibility index (Phi) is 8.76. The van der Waals surface area contributed by atoms with Crippen molar-refractivity contribution in [1.82, 2.24) is 15.2 Å². The first-order valence-corrected chi connectivity index (χ1v) is 15.8. The van der Waals surface area contributed by atoms with Crippen LogP contribution in [0.4, 0.5) is 23.7 Å². The number of aromatic nitrogens is 1. The highest BCUT2D eigenvalue weighted by molar-refractivity contribution is 5.99. The first-order valence-electron chi connectivity index (χ1n) is 15.8. The van der Waals surface area contributed by atoms with E-state index in [1.54, 1.807) is 30.3 Å². The van der Waals surface area contributed by atoms with Crippen molar-refractivity contribution in [3.63, 3.8) is 0 Å². The van der Waals surface area contributed by atoms with E-state index in [2.05, 4.69) is 15.2 Å². The Morgan fingerprint density at radius 3 is 2.53 bits per heavy atom. The predicted octanol–water partition coefficient (Wildman–Crippen LogP) is 5.64. The van der Waals surface area contributed by atoms with Crippen LogP contribution in [-0.4, -0.2) is 71.5 Å². The lowest BCUT2D eigenvalue weighted by molar-refractivity contribution is 0.0794. The van der Waals surface area contributed by atoms with E-state index in [-0.39, 0.29) is 35.8 Å². The fourth-order valence-corrected chi connectivity index (χ4v) is 6.62. The molecule has 45 heavy (non-hydrogen) atoms. The molecule has 1 aliphatic carbocycles. The van der Waals surface area contributed by atoms with Crippen LogP contribution in [0.15, 0.2) is 36.4 Å². The van der Waals surface area contributed by atoms with Gasteiger partial charge < -0.3 is 20.1 Å². The van der Waals surface area contributed by atoms with Crippen LogP contribution >= 0.6 is 0 Å². The van der Waals surface area contributed by atoms with Crippen LogP contribution in [-0.2, 0) is 17.6 Å². The number of nitrogens with zero attached hydrogens (tertiary/aromatic N) is 3. The summed E-state index contributed by atoms with van der Waals surface area (Å²) in [5.41, 5.74) is 0.572. The van der Waals surface area contributed by atoms with Gasteiger partial charge in [0.25, 0.3) is 5.91 Å². The molecule has 2 atom stereocenters. The van der Waals surface area contributed by atoms with Crippen molar-refractivity contribution in [2.24, 2.45) is 5.92 Å². The summed E-state index contributed by atoms with van der Waals surface area (Å²) in [5.74, 6) is -3.47. The number of halogens is 3. The molecular weight excluding hydrogens is 585 g/mol. The second kappa shape index (κ2) is 12.6. The van der Waals surface area contributed by atoms with Crippen molar-refractivity contribution < 1.29 is 32.6 Å². The van der Waals surface area contributed by atoms with Gasteiger partial charge in [0.05, 0.1) is 24.3 Å². The summed E-state index contributed by atoms with van der Waals surface area (Å²) in [7, 11) is 0. The van der Waals surface area contributed by atoms with Gasteiger partial charge in [-0.25, -0.2) is 22.9 Å². The lowest BCUT2D eigenvalue weighted by Gasteiger charge is -2.34. The zero-order chi connectivity index (χ0) is 31.9. The molecule has 0 radical (unpaired) electrons. The van der Waals surface area contributed by atoms with E-state index < -0.39 is 40.9 Å². The summed E-state index contributed by atoms with van der Waals surface area (Å²) in [4.78, 5) is 33.7. The number of nitrogens with one attached hydrogen (secondary N) is 1. The van der Waals surface area contributed by atoms with Crippen molar-refractivity contribution in [2.75, 3.05) is 37.7 Å². The van der Waals surface area contributed by atoms with Gasteiger partial charge >= 0.3 is 6.09 Å². The van der Waals surface area contributed by atoms with Crippen LogP contribution < -0.4 is 10.2 Å². The Morgan fingerprint density at radius 2 is 1.87 bits per heavy atom. The van der Waals surface area contributed by atoms with Gasteiger partial charge in [-0.05, 0) is 73.4 Å². The van der Waals surface area contributed by atoms with E-state index in [0.29, 0.717) is 62.3 Å². The van der Waals surface area contributed by atoms with Gasteiger partial charge in [-0.2, -0.15) is 0 Å². The minimum atomic E-state index is -1.41. The Morgan fingerprint density at radius 1 is 1.13 bits per heavy atom. The van der Waals surface area contributed by atoms with Crippen molar-refractivity contribution in [3.05, 3.63) is 70.4 Å². The number of ether oxygens (including phenoxy) is 1. The molecule has 2 fully saturated rings. The molecule has 3 aromatic rings. The lowest BCUT2D eigenvalue weighted by Crippen LogP contribution is -2.38. The van der Waals surface area contributed by atoms with Gasteiger partial charge in [-0.15, -0.1) is 0 Å². The number of carbonyl (C=O) groups excluding carboxylic acids is 2. The van der Waals surface area contributed by atoms with Gasteiger partial charge in [-0.1, -0.05) is 26.0 Å². The first-order chi connectivity index (χ1) is 21.5. The quantitative estimate of drug-likeness (QED) is 0.337. The van der Waals surface area contributed by atoms with Crippen LogP contribution in [0.2, 0.25) is 0 Å². The molecule has 0 spiro atoms. The number of amides is 2. The van der Waals surface area contributed by atoms with Crippen molar-refractivity contribution in [2.45, 2.75) is 70.2 Å². The zero-order valence-electron chi connectivity index (χ0n) is 25.6. The molecule has 3 heterocycles. The van der Waals surface area contributed by atoms with E-state index in [4.69, 9.17) is 4.74 Å². The second-order valence-electron chi connectivity index (χ2n) is 12.8. The number of fused-ring (bicyclic) bond motifs is 2. The second-order valence-corrected chi connectivity index (χ2v) is 12.8. The molecule has 1 aromatic heterocycles. The smallest absolute Gasteiger partial charge is 0.414 e. The number of pyridine rings is 1. The summed E-state index contributed by atoms with van der Waals surface area (Å²) in [6.45, 7) is 6.46. The highest BCUT2D eigenvalue weighted by Gasteiger charge is 2.38. The lowest BCUT2D eigenvalue weighted by atomic mass is 9.77. The first kappa shape index (κ1) is 31.3. The van der Waals surface area contributed by atoms with E-state index in [9.17, 15) is 14.7 Å². The van der Waals surface area contributed by atoms with Crippen LogP contribution in [0, 0.1) is 17.6 Å². The summed E-state index contributed by atoms with van der Waals surface area (Å²) in [5, 5.41) is 13.0. The monoisotopic (exact) mass is 624 g/mol. The molecule has 11 heteroatoms. The largest absolute Gasteiger partial charge is 0.447 e. The molecule has 6 rings (SSSR count). The number of hydrogen-bond donors (Lipinski definition) is 2. The van der Waals surface area contributed by atoms with E-state index in [0.717, 1.165) is 18.7 Å². The van der Waals surface area contributed by atoms with Gasteiger partial charge in [-0.3, -0.25) is 9.69 Å². The Labute approximate surface area is 260 Å². The van der Waals surface area contributed by atoms with E-state index in [1.165, 1.54) is 11.0 Å². The Hall–Kier alpha value is -3.70. The molecule has 3 aliphatic rings. The highest BCUT2D eigenvalue weighted by atomic mass is 19.2. The third-order valence-electron chi connectivity index (χ3n) is 9.66. The third kappa shape index (κ3) is 6.37. The number of aryl methyl sites for hydroxylation is 1. The van der Waals surface area contributed by atoms with Crippen molar-refractivity contribution in [1.29, 1.82) is 0 Å². The fraction of sp³-hybridized carbons (Fsp3) is 0.500. The van der Waals surface area contributed by atoms with Crippen LogP contribution in [0.5, 0.6) is 0 Å². The Balaban J connectivity index is 1.27. The highest BCUT2D eigenvalue weighted by Crippen LogP contribution is 2.38. The predicted molar refractivity (Wildman–Crippen MR) is 164 cm³/mol. The van der Waals surface area contributed by atoms with Crippen LogP contribution in [0.1, 0.15) is 72.8 Å². The standard InChI is InChI=1S/C34H39F3N4O4/c1-20(2)34(37)11-7-27-23(19-34)17-22-18-26(29(35)30(36)31(22)38-27)32(43)39-28(10-14-40-12-8-25(42)9-13-40)21-3-5-24(6-4-21)41-15-16-45-33(41)44/h3-6,17-18,20,25,28,42H,7-16,19H2,1-2H3,(H,39,43)/t28-,34+/m1/s1. The summed E-state index contributed by atoms with van der Waals surface area (Å²) < 4.78 is 51.4. The molecule has 0 saturated carbocycles. The number of cyclic esters (lactones) is 1. The number of aliphatic hydroxyl groups excluding tert-OH is 1. The summed E-state index contributed by atoms with van der Waals surface area (Å²) >= 11 is 0. The van der Waals surface area contributed by atoms with Crippen LogP contribution in [0.3, 0.4) is 0 Å². The SMILES string of the molecule is CC(C)[C@]1(F)CCc2nc3c(F)c(F)c(C(=O)N[C@H](CCN4CCC(O)CC4)c4ccc(N5CCOC5=O)cc4)cc3cc2C1. The molecule has 0 unspecified atom stereocenters. The number of alkyl halides is 1. The molecule has 240 valence electrons. The van der Waals surface area contributed by atoms with Crippen LogP contribution in [0.25, 0.3) is 10.9 Å². The average Bonchev–Trinajstić information content (AvgIpc) is 3.46. The number of piperidine rings is 1. The van der Waals surface area contributed by atoms with E-state index in [1.807, 2.05) is 13.8 Å². The van der Waals surface area contributed by atoms with Gasteiger partial charge in [0.15, 0.2) is 11.6 Å². The number of benzene rings is 2. The van der Waals surface area contributed by atoms with Gasteiger partial charge in [0, 0.05) is 42.8 Å². The third-order valence-corrected chi connectivity index (χ3v) is 9.66.